The third-order valence-corrected chi connectivity index (χ3v) is 5.23. The first-order valence-electron chi connectivity index (χ1n) is 7.45. The summed E-state index contributed by atoms with van der Waals surface area (Å²) in [5.41, 5.74) is 2.02. The van der Waals surface area contributed by atoms with Gasteiger partial charge in [-0.2, -0.15) is 0 Å². The second kappa shape index (κ2) is 7.66. The number of nitrogens with zero attached hydrogens (tertiary/aromatic N) is 4. The van der Waals surface area contributed by atoms with E-state index >= 15 is 0 Å². The number of carbonyl (C=O) groups is 1. The van der Waals surface area contributed by atoms with Crippen molar-refractivity contribution in [2.45, 2.75) is 12.1 Å². The van der Waals surface area contributed by atoms with Gasteiger partial charge in [0.05, 0.1) is 24.8 Å². The lowest BCUT2D eigenvalue weighted by molar-refractivity contribution is -0.113. The standard InChI is InChI=1S/C16H17N5O2S2/c1-10-19-20-15(25-10)18-14(22)9-24-16-17-8-13(21(16)2)11-4-6-12(23-3)7-5-11/h4-8H,9H2,1-3H3,(H,18,20,22). The van der Waals surface area contributed by atoms with Gasteiger partial charge in [0, 0.05) is 12.6 Å². The van der Waals surface area contributed by atoms with Crippen molar-refractivity contribution in [3.63, 3.8) is 0 Å². The van der Waals surface area contributed by atoms with Gasteiger partial charge in [-0.15, -0.1) is 10.2 Å². The average Bonchev–Trinajstić information content (AvgIpc) is 3.19. The van der Waals surface area contributed by atoms with Crippen LogP contribution in [0.4, 0.5) is 5.13 Å². The molecule has 0 aliphatic carbocycles. The molecule has 0 spiro atoms. The van der Waals surface area contributed by atoms with E-state index in [0.717, 1.165) is 27.2 Å². The van der Waals surface area contributed by atoms with Gasteiger partial charge in [0.1, 0.15) is 10.8 Å². The van der Waals surface area contributed by atoms with Gasteiger partial charge >= 0.3 is 0 Å². The van der Waals surface area contributed by atoms with Crippen molar-refractivity contribution in [2.24, 2.45) is 7.05 Å². The number of aryl methyl sites for hydroxylation is 1. The van der Waals surface area contributed by atoms with Crippen LogP contribution in [-0.4, -0.2) is 38.5 Å². The lowest BCUT2D eigenvalue weighted by Crippen LogP contribution is -2.14. The van der Waals surface area contributed by atoms with E-state index in [9.17, 15) is 4.79 Å². The number of hydrogen-bond donors (Lipinski definition) is 1. The minimum Gasteiger partial charge on any atom is -0.497 e. The van der Waals surface area contributed by atoms with Crippen molar-refractivity contribution in [3.8, 4) is 17.0 Å². The number of benzene rings is 1. The van der Waals surface area contributed by atoms with Crippen molar-refractivity contribution in [3.05, 3.63) is 35.5 Å². The van der Waals surface area contributed by atoms with E-state index in [1.807, 2.05) is 42.8 Å². The molecule has 0 saturated heterocycles. The van der Waals surface area contributed by atoms with Gasteiger partial charge in [-0.25, -0.2) is 4.98 Å². The molecule has 3 rings (SSSR count). The zero-order valence-electron chi connectivity index (χ0n) is 14.0. The largest absolute Gasteiger partial charge is 0.497 e. The maximum Gasteiger partial charge on any atom is 0.236 e. The molecule has 0 bridgehead atoms. The molecule has 0 aliphatic rings. The second-order valence-electron chi connectivity index (χ2n) is 5.18. The summed E-state index contributed by atoms with van der Waals surface area (Å²) in [5, 5.41) is 12.6. The number of imidazole rings is 1. The van der Waals surface area contributed by atoms with Crippen LogP contribution in [0.1, 0.15) is 5.01 Å². The second-order valence-corrected chi connectivity index (χ2v) is 7.30. The predicted molar refractivity (Wildman–Crippen MR) is 99.2 cm³/mol. The van der Waals surface area contributed by atoms with Crippen LogP contribution in [0.25, 0.3) is 11.3 Å². The fourth-order valence-corrected chi connectivity index (χ4v) is 3.55. The number of methoxy groups -OCH3 is 1. The Bertz CT molecular complexity index is 873. The Labute approximate surface area is 153 Å². The van der Waals surface area contributed by atoms with Crippen LogP contribution in [0.5, 0.6) is 5.75 Å². The number of rotatable bonds is 6. The lowest BCUT2D eigenvalue weighted by Gasteiger charge is -2.06. The Hall–Kier alpha value is -2.39. The molecule has 0 fully saturated rings. The summed E-state index contributed by atoms with van der Waals surface area (Å²) in [6, 6.07) is 7.78. The van der Waals surface area contributed by atoms with Crippen LogP contribution >= 0.6 is 23.1 Å². The van der Waals surface area contributed by atoms with Crippen LogP contribution < -0.4 is 10.1 Å². The fourth-order valence-electron chi connectivity index (χ4n) is 2.19. The third-order valence-electron chi connectivity index (χ3n) is 3.44. The summed E-state index contributed by atoms with van der Waals surface area (Å²) >= 11 is 2.73. The molecule has 1 amide bonds. The van der Waals surface area contributed by atoms with E-state index in [4.69, 9.17) is 4.74 Å². The SMILES string of the molecule is COc1ccc(-c2cnc(SCC(=O)Nc3nnc(C)s3)n2C)cc1. The van der Waals surface area contributed by atoms with Gasteiger partial charge in [-0.05, 0) is 31.2 Å². The molecule has 2 heterocycles. The topological polar surface area (TPSA) is 81.9 Å². The molecular weight excluding hydrogens is 358 g/mol. The number of aromatic nitrogens is 4. The quantitative estimate of drug-likeness (QED) is 0.667. The first-order chi connectivity index (χ1) is 12.1. The van der Waals surface area contributed by atoms with E-state index in [1.54, 1.807) is 13.3 Å². The molecule has 7 nitrogen and oxygen atoms in total. The Morgan fingerprint density at radius 2 is 2.08 bits per heavy atom. The number of thioether (sulfide) groups is 1. The molecule has 0 radical (unpaired) electrons. The molecule has 3 aromatic rings. The van der Waals surface area contributed by atoms with E-state index < -0.39 is 0 Å². The van der Waals surface area contributed by atoms with Gasteiger partial charge in [-0.3, -0.25) is 10.1 Å². The molecule has 0 saturated carbocycles. The molecule has 0 unspecified atom stereocenters. The molecule has 2 aromatic heterocycles. The molecular formula is C16H17N5O2S2. The smallest absolute Gasteiger partial charge is 0.236 e. The van der Waals surface area contributed by atoms with Crippen molar-refractivity contribution in [1.82, 2.24) is 19.7 Å². The first kappa shape index (κ1) is 17.4. The van der Waals surface area contributed by atoms with E-state index in [-0.39, 0.29) is 11.7 Å². The molecule has 130 valence electrons. The van der Waals surface area contributed by atoms with Crippen LogP contribution in [0.2, 0.25) is 0 Å². The van der Waals surface area contributed by atoms with Crippen molar-refractivity contribution in [1.29, 1.82) is 0 Å². The maximum atomic E-state index is 12.0. The molecule has 1 N–H and O–H groups in total. The summed E-state index contributed by atoms with van der Waals surface area (Å²) in [6.45, 7) is 1.84. The maximum absolute atomic E-state index is 12.0. The number of amides is 1. The van der Waals surface area contributed by atoms with Crippen molar-refractivity contribution in [2.75, 3.05) is 18.2 Å². The van der Waals surface area contributed by atoms with Gasteiger partial charge in [0.2, 0.25) is 11.0 Å². The number of hydrogen-bond acceptors (Lipinski definition) is 7. The monoisotopic (exact) mass is 375 g/mol. The fraction of sp³-hybridized carbons (Fsp3) is 0.250. The van der Waals surface area contributed by atoms with E-state index in [2.05, 4.69) is 20.5 Å². The van der Waals surface area contributed by atoms with Gasteiger partial charge in [0.15, 0.2) is 5.16 Å². The van der Waals surface area contributed by atoms with Crippen molar-refractivity contribution >= 4 is 34.1 Å². The van der Waals surface area contributed by atoms with Crippen LogP contribution in [-0.2, 0) is 11.8 Å². The third kappa shape index (κ3) is 4.18. The highest BCUT2D eigenvalue weighted by atomic mass is 32.2. The number of ether oxygens (including phenoxy) is 1. The minimum absolute atomic E-state index is 0.129. The zero-order chi connectivity index (χ0) is 17.8. The molecule has 9 heteroatoms. The lowest BCUT2D eigenvalue weighted by atomic mass is 10.1. The van der Waals surface area contributed by atoms with Gasteiger partial charge in [-0.1, -0.05) is 23.1 Å². The Balaban J connectivity index is 1.63. The van der Waals surface area contributed by atoms with Crippen LogP contribution in [0.15, 0.2) is 35.6 Å². The Kier molecular flexibility index (Phi) is 5.34. The Morgan fingerprint density at radius 1 is 1.32 bits per heavy atom. The van der Waals surface area contributed by atoms with Crippen LogP contribution in [0, 0.1) is 6.92 Å². The van der Waals surface area contributed by atoms with Crippen LogP contribution in [0.3, 0.4) is 0 Å². The summed E-state index contributed by atoms with van der Waals surface area (Å²) in [4.78, 5) is 16.4. The predicted octanol–water partition coefficient (Wildman–Crippen LogP) is 2.99. The Morgan fingerprint density at radius 3 is 2.72 bits per heavy atom. The number of anilines is 1. The molecule has 1 aromatic carbocycles. The van der Waals surface area contributed by atoms with Gasteiger partial charge < -0.3 is 9.30 Å². The highest BCUT2D eigenvalue weighted by Crippen LogP contribution is 2.26. The first-order valence-corrected chi connectivity index (χ1v) is 9.26. The summed E-state index contributed by atoms with van der Waals surface area (Å²) in [5.74, 6) is 0.935. The minimum atomic E-state index is -0.129. The van der Waals surface area contributed by atoms with Crippen molar-refractivity contribution < 1.29 is 9.53 Å². The molecule has 0 atom stereocenters. The average molecular weight is 375 g/mol. The highest BCUT2D eigenvalue weighted by molar-refractivity contribution is 7.99. The zero-order valence-corrected chi connectivity index (χ0v) is 15.6. The normalized spacial score (nSPS) is 10.7. The van der Waals surface area contributed by atoms with Gasteiger partial charge in [0.25, 0.3) is 0 Å². The number of nitrogens with one attached hydrogen (secondary N) is 1. The van der Waals surface area contributed by atoms with E-state index in [0.29, 0.717) is 5.13 Å². The van der Waals surface area contributed by atoms with E-state index in [1.165, 1.54) is 23.1 Å². The highest BCUT2D eigenvalue weighted by Gasteiger charge is 2.12. The molecule has 0 aliphatic heterocycles. The summed E-state index contributed by atoms with van der Waals surface area (Å²) in [7, 11) is 3.57. The molecule has 25 heavy (non-hydrogen) atoms. The number of carbonyl (C=O) groups excluding carboxylic acids is 1. The summed E-state index contributed by atoms with van der Waals surface area (Å²) in [6.07, 6.45) is 1.80. The summed E-state index contributed by atoms with van der Waals surface area (Å²) < 4.78 is 7.14.